The van der Waals surface area contributed by atoms with Crippen LogP contribution >= 0.6 is 0 Å². The van der Waals surface area contributed by atoms with E-state index < -0.39 is 11.9 Å². The number of rotatable bonds is 8. The summed E-state index contributed by atoms with van der Waals surface area (Å²) >= 11 is 0. The van der Waals surface area contributed by atoms with E-state index in [-0.39, 0.29) is 19.0 Å². The molecule has 0 aliphatic rings. The number of para-hydroxylation sites is 2. The van der Waals surface area contributed by atoms with Gasteiger partial charge in [-0.05, 0) is 43.3 Å². The van der Waals surface area contributed by atoms with Gasteiger partial charge in [0.1, 0.15) is 6.54 Å². The Morgan fingerprint density at radius 3 is 2.11 bits per heavy atom. The summed E-state index contributed by atoms with van der Waals surface area (Å²) in [6.07, 6.45) is 0. The molecule has 3 aromatic rings. The van der Waals surface area contributed by atoms with Crippen molar-refractivity contribution in [1.82, 2.24) is 5.32 Å². The van der Waals surface area contributed by atoms with Gasteiger partial charge in [-0.15, -0.1) is 0 Å². The molecule has 0 radical (unpaired) electrons. The highest BCUT2D eigenvalue weighted by Gasteiger charge is 2.22. The standard InChI is InChI=1S/C26H27N5O4/c1-19(29-35)20-10-9-11-21(16-20)28-26(34)27-17-24(32)31(23-14-7-4-8-15-23)18-25(33)30(2)22-12-5-3-6-13-22/h3-16,35H,17-18H2,1-2H3,(H2,27,28,34). The predicted molar refractivity (Wildman–Crippen MR) is 136 cm³/mol. The minimum atomic E-state index is -0.588. The fraction of sp³-hybridized carbons (Fsp3) is 0.154. The minimum Gasteiger partial charge on any atom is -0.411 e. The molecule has 35 heavy (non-hydrogen) atoms. The lowest BCUT2D eigenvalue weighted by molar-refractivity contribution is -0.121. The number of benzene rings is 3. The zero-order valence-corrected chi connectivity index (χ0v) is 19.5. The lowest BCUT2D eigenvalue weighted by Gasteiger charge is -2.25. The molecule has 0 aliphatic heterocycles. The summed E-state index contributed by atoms with van der Waals surface area (Å²) in [4.78, 5) is 41.2. The highest BCUT2D eigenvalue weighted by Crippen LogP contribution is 2.16. The number of carbonyl (C=O) groups is 3. The van der Waals surface area contributed by atoms with E-state index in [1.807, 2.05) is 24.3 Å². The summed E-state index contributed by atoms with van der Waals surface area (Å²) in [7, 11) is 1.65. The molecular formula is C26H27N5O4. The summed E-state index contributed by atoms with van der Waals surface area (Å²) in [5.41, 5.74) is 2.75. The first-order valence-corrected chi connectivity index (χ1v) is 10.9. The number of urea groups is 1. The lowest BCUT2D eigenvalue weighted by Crippen LogP contribution is -2.46. The Hall–Kier alpha value is -4.66. The highest BCUT2D eigenvalue weighted by molar-refractivity contribution is 6.05. The van der Waals surface area contributed by atoms with Crippen molar-refractivity contribution < 1.29 is 19.6 Å². The van der Waals surface area contributed by atoms with Crippen LogP contribution in [0.2, 0.25) is 0 Å². The molecule has 0 atom stereocenters. The highest BCUT2D eigenvalue weighted by atomic mass is 16.4. The van der Waals surface area contributed by atoms with Gasteiger partial charge in [0.2, 0.25) is 11.8 Å². The molecule has 0 unspecified atom stereocenters. The normalized spacial score (nSPS) is 10.9. The number of carbonyl (C=O) groups excluding carboxylic acids is 3. The molecule has 0 heterocycles. The fourth-order valence-corrected chi connectivity index (χ4v) is 3.27. The second-order valence-corrected chi connectivity index (χ2v) is 7.68. The van der Waals surface area contributed by atoms with Crippen LogP contribution in [0.1, 0.15) is 12.5 Å². The summed E-state index contributed by atoms with van der Waals surface area (Å²) in [6.45, 7) is 1.12. The number of nitrogens with one attached hydrogen (secondary N) is 2. The van der Waals surface area contributed by atoms with E-state index >= 15 is 0 Å². The van der Waals surface area contributed by atoms with E-state index in [1.165, 1.54) is 9.80 Å². The first kappa shape index (κ1) is 25.0. The number of oxime groups is 1. The maximum atomic E-state index is 13.0. The van der Waals surface area contributed by atoms with Gasteiger partial charge in [-0.25, -0.2) is 4.79 Å². The number of hydrogen-bond donors (Lipinski definition) is 3. The largest absolute Gasteiger partial charge is 0.411 e. The van der Waals surface area contributed by atoms with E-state index in [1.54, 1.807) is 74.6 Å². The van der Waals surface area contributed by atoms with Crippen molar-refractivity contribution in [3.63, 3.8) is 0 Å². The van der Waals surface area contributed by atoms with Gasteiger partial charge in [0.05, 0.1) is 12.3 Å². The van der Waals surface area contributed by atoms with Crippen LogP contribution < -0.4 is 20.4 Å². The Balaban J connectivity index is 1.66. The van der Waals surface area contributed by atoms with E-state index in [0.717, 1.165) is 0 Å². The van der Waals surface area contributed by atoms with Gasteiger partial charge in [-0.1, -0.05) is 53.7 Å². The second kappa shape index (κ2) is 12.0. The summed E-state index contributed by atoms with van der Waals surface area (Å²) < 4.78 is 0. The smallest absolute Gasteiger partial charge is 0.319 e. The second-order valence-electron chi connectivity index (χ2n) is 7.68. The third-order valence-electron chi connectivity index (χ3n) is 5.27. The first-order chi connectivity index (χ1) is 16.9. The van der Waals surface area contributed by atoms with Crippen molar-refractivity contribution in [3.05, 3.63) is 90.5 Å². The molecule has 0 aromatic heterocycles. The Morgan fingerprint density at radius 2 is 1.49 bits per heavy atom. The molecule has 4 amide bonds. The Kier molecular flexibility index (Phi) is 8.55. The van der Waals surface area contributed by atoms with Crippen molar-refractivity contribution in [2.45, 2.75) is 6.92 Å². The molecule has 9 heteroatoms. The number of nitrogens with zero attached hydrogens (tertiary/aromatic N) is 3. The number of likely N-dealkylation sites (N-methyl/N-ethyl adjacent to an activating group) is 1. The van der Waals surface area contributed by atoms with E-state index in [0.29, 0.717) is 28.3 Å². The van der Waals surface area contributed by atoms with Crippen LogP contribution in [-0.4, -0.2) is 48.9 Å². The minimum absolute atomic E-state index is 0.195. The van der Waals surface area contributed by atoms with Crippen LogP contribution in [0.3, 0.4) is 0 Å². The zero-order valence-electron chi connectivity index (χ0n) is 19.5. The Bertz CT molecular complexity index is 1200. The summed E-state index contributed by atoms with van der Waals surface area (Å²) in [5, 5.41) is 17.3. The van der Waals surface area contributed by atoms with Crippen molar-refractivity contribution in [2.24, 2.45) is 5.16 Å². The molecule has 3 N–H and O–H groups in total. The van der Waals surface area contributed by atoms with Crippen molar-refractivity contribution in [1.29, 1.82) is 0 Å². The quantitative estimate of drug-likeness (QED) is 0.263. The number of amides is 4. The monoisotopic (exact) mass is 473 g/mol. The van der Waals surface area contributed by atoms with Crippen LogP contribution in [0.15, 0.2) is 90.1 Å². The van der Waals surface area contributed by atoms with Gasteiger partial charge >= 0.3 is 6.03 Å². The van der Waals surface area contributed by atoms with Crippen LogP contribution in [-0.2, 0) is 9.59 Å². The summed E-state index contributed by atoms with van der Waals surface area (Å²) in [6, 6.07) is 24.1. The number of hydrogen-bond acceptors (Lipinski definition) is 5. The average Bonchev–Trinajstić information content (AvgIpc) is 2.90. The topological polar surface area (TPSA) is 114 Å². The molecule has 0 saturated heterocycles. The van der Waals surface area contributed by atoms with Gasteiger partial charge in [0, 0.05) is 29.7 Å². The first-order valence-electron chi connectivity index (χ1n) is 10.9. The third kappa shape index (κ3) is 6.91. The maximum Gasteiger partial charge on any atom is 0.319 e. The van der Waals surface area contributed by atoms with Gasteiger partial charge in [-0.2, -0.15) is 0 Å². The molecule has 0 bridgehead atoms. The Labute approximate surface area is 203 Å². The predicted octanol–water partition coefficient (Wildman–Crippen LogP) is 3.70. The molecule has 3 rings (SSSR count). The SMILES string of the molecule is CC(=NO)c1cccc(NC(=O)NCC(=O)N(CC(=O)N(C)c2ccccc2)c2ccccc2)c1. The van der Waals surface area contributed by atoms with Crippen molar-refractivity contribution >= 4 is 40.6 Å². The van der Waals surface area contributed by atoms with Crippen LogP contribution in [0.25, 0.3) is 0 Å². The number of anilines is 3. The van der Waals surface area contributed by atoms with E-state index in [9.17, 15) is 14.4 Å². The molecule has 9 nitrogen and oxygen atoms in total. The average molecular weight is 474 g/mol. The van der Waals surface area contributed by atoms with Crippen molar-refractivity contribution in [2.75, 3.05) is 35.3 Å². The molecule has 0 aliphatic carbocycles. The summed E-state index contributed by atoms with van der Waals surface area (Å²) in [5.74, 6) is -0.728. The van der Waals surface area contributed by atoms with Crippen molar-refractivity contribution in [3.8, 4) is 0 Å². The Morgan fingerprint density at radius 1 is 0.857 bits per heavy atom. The molecular weight excluding hydrogens is 446 g/mol. The van der Waals surface area contributed by atoms with E-state index in [4.69, 9.17) is 5.21 Å². The van der Waals surface area contributed by atoms with Crippen LogP contribution in [0.5, 0.6) is 0 Å². The molecule has 180 valence electrons. The molecule has 0 saturated carbocycles. The van der Waals surface area contributed by atoms with Gasteiger partial charge < -0.3 is 25.6 Å². The van der Waals surface area contributed by atoms with E-state index in [2.05, 4.69) is 15.8 Å². The molecule has 0 fully saturated rings. The van der Waals surface area contributed by atoms with Gasteiger partial charge in [0.15, 0.2) is 0 Å². The molecule has 3 aromatic carbocycles. The molecule has 0 spiro atoms. The van der Waals surface area contributed by atoms with Crippen LogP contribution in [0.4, 0.5) is 21.9 Å². The van der Waals surface area contributed by atoms with Gasteiger partial charge in [0.25, 0.3) is 0 Å². The van der Waals surface area contributed by atoms with Gasteiger partial charge in [-0.3, -0.25) is 9.59 Å². The lowest BCUT2D eigenvalue weighted by atomic mass is 10.1. The third-order valence-corrected chi connectivity index (χ3v) is 5.27. The van der Waals surface area contributed by atoms with Crippen LogP contribution in [0, 0.1) is 0 Å². The fourth-order valence-electron chi connectivity index (χ4n) is 3.27. The zero-order chi connectivity index (χ0) is 25.2. The maximum absolute atomic E-state index is 13.0.